The molecule has 1 atom stereocenters. The minimum Gasteiger partial charge on any atom is -0.372 e. The highest BCUT2D eigenvalue weighted by Gasteiger charge is 2.09. The summed E-state index contributed by atoms with van der Waals surface area (Å²) in [6.07, 6.45) is 6.39. The molecule has 0 spiro atoms. The summed E-state index contributed by atoms with van der Waals surface area (Å²) in [5.74, 6) is 0. The van der Waals surface area contributed by atoms with Crippen LogP contribution in [0.2, 0.25) is 0 Å². The number of nitrogens with zero attached hydrogens (tertiary/aromatic N) is 3. The summed E-state index contributed by atoms with van der Waals surface area (Å²) >= 11 is 0. The van der Waals surface area contributed by atoms with Gasteiger partial charge in [0.15, 0.2) is 0 Å². The van der Waals surface area contributed by atoms with Crippen molar-refractivity contribution in [1.82, 2.24) is 9.78 Å². The molecule has 0 aliphatic carbocycles. The molecule has 0 radical (unpaired) electrons. The Kier molecular flexibility index (Phi) is 4.25. The van der Waals surface area contributed by atoms with Crippen LogP contribution in [0.3, 0.4) is 0 Å². The van der Waals surface area contributed by atoms with Crippen molar-refractivity contribution >= 4 is 5.69 Å². The minimum atomic E-state index is 0.578. The third-order valence-corrected chi connectivity index (χ3v) is 3.68. The van der Waals surface area contributed by atoms with E-state index in [4.69, 9.17) is 0 Å². The summed E-state index contributed by atoms with van der Waals surface area (Å²) in [5.41, 5.74) is 3.65. The second-order valence-corrected chi connectivity index (χ2v) is 5.20. The summed E-state index contributed by atoms with van der Waals surface area (Å²) in [7, 11) is 4.11. The molecule has 0 fully saturated rings. The Morgan fingerprint density at radius 1 is 1.21 bits per heavy atom. The molecular formula is C16H23N3. The Bertz CT molecular complexity index is 513. The van der Waals surface area contributed by atoms with Crippen molar-refractivity contribution < 1.29 is 0 Å². The minimum absolute atomic E-state index is 0.578. The highest BCUT2D eigenvalue weighted by molar-refractivity contribution is 5.65. The second kappa shape index (κ2) is 5.91. The van der Waals surface area contributed by atoms with Gasteiger partial charge in [0.25, 0.3) is 0 Å². The molecule has 0 aliphatic rings. The van der Waals surface area contributed by atoms with Gasteiger partial charge in [-0.3, -0.25) is 4.68 Å². The Balaban J connectivity index is 2.14. The predicted octanol–water partition coefficient (Wildman–Crippen LogP) is 3.71. The number of anilines is 1. The molecular weight excluding hydrogens is 234 g/mol. The lowest BCUT2D eigenvalue weighted by molar-refractivity contribution is 0.616. The van der Waals surface area contributed by atoms with E-state index in [0.717, 1.165) is 0 Å². The highest BCUT2D eigenvalue weighted by atomic mass is 15.2. The largest absolute Gasteiger partial charge is 0.372 e. The first kappa shape index (κ1) is 13.7. The Hall–Kier alpha value is -1.77. The lowest BCUT2D eigenvalue weighted by atomic mass is 10.1. The van der Waals surface area contributed by atoms with E-state index in [2.05, 4.69) is 55.2 Å². The van der Waals surface area contributed by atoms with Crippen molar-refractivity contribution in [3.05, 3.63) is 36.7 Å². The molecule has 0 aliphatic heterocycles. The molecule has 0 amide bonds. The van der Waals surface area contributed by atoms with Crippen LogP contribution >= 0.6 is 0 Å². The van der Waals surface area contributed by atoms with Crippen LogP contribution in [-0.2, 0) is 7.05 Å². The van der Waals surface area contributed by atoms with Crippen LogP contribution in [0.25, 0.3) is 11.1 Å². The van der Waals surface area contributed by atoms with E-state index >= 15 is 0 Å². The van der Waals surface area contributed by atoms with Crippen LogP contribution in [-0.4, -0.2) is 22.9 Å². The molecule has 102 valence electrons. The van der Waals surface area contributed by atoms with E-state index in [0.29, 0.717) is 6.04 Å². The number of hydrogen-bond donors (Lipinski definition) is 0. The van der Waals surface area contributed by atoms with Gasteiger partial charge in [0, 0.05) is 37.6 Å². The van der Waals surface area contributed by atoms with Crippen LogP contribution < -0.4 is 4.90 Å². The zero-order chi connectivity index (χ0) is 13.8. The van der Waals surface area contributed by atoms with E-state index in [1.165, 1.54) is 29.7 Å². The van der Waals surface area contributed by atoms with Gasteiger partial charge in [0.1, 0.15) is 0 Å². The van der Waals surface area contributed by atoms with Gasteiger partial charge in [-0.15, -0.1) is 0 Å². The first-order valence-electron chi connectivity index (χ1n) is 6.93. The summed E-state index contributed by atoms with van der Waals surface area (Å²) in [5, 5.41) is 4.21. The number of rotatable bonds is 5. The van der Waals surface area contributed by atoms with Crippen LogP contribution in [0.1, 0.15) is 26.7 Å². The first-order chi connectivity index (χ1) is 9.11. The molecule has 1 unspecified atom stereocenters. The van der Waals surface area contributed by atoms with Crippen LogP contribution in [0, 0.1) is 0 Å². The summed E-state index contributed by atoms with van der Waals surface area (Å²) in [4.78, 5) is 2.34. The highest BCUT2D eigenvalue weighted by Crippen LogP contribution is 2.23. The van der Waals surface area contributed by atoms with Gasteiger partial charge in [-0.25, -0.2) is 0 Å². The average Bonchev–Trinajstić information content (AvgIpc) is 2.85. The molecule has 3 nitrogen and oxygen atoms in total. The van der Waals surface area contributed by atoms with Crippen LogP contribution in [0.5, 0.6) is 0 Å². The zero-order valence-corrected chi connectivity index (χ0v) is 12.3. The van der Waals surface area contributed by atoms with E-state index in [-0.39, 0.29) is 0 Å². The van der Waals surface area contributed by atoms with Gasteiger partial charge in [-0.05, 0) is 31.0 Å². The molecule has 0 N–H and O–H groups in total. The monoisotopic (exact) mass is 257 g/mol. The number of benzene rings is 1. The van der Waals surface area contributed by atoms with Crippen molar-refractivity contribution in [3.8, 4) is 11.1 Å². The number of aromatic nitrogens is 2. The molecule has 1 heterocycles. The van der Waals surface area contributed by atoms with Gasteiger partial charge in [0.2, 0.25) is 0 Å². The van der Waals surface area contributed by atoms with E-state index in [1.807, 2.05) is 24.1 Å². The van der Waals surface area contributed by atoms with Crippen molar-refractivity contribution in [3.63, 3.8) is 0 Å². The summed E-state index contributed by atoms with van der Waals surface area (Å²) < 4.78 is 1.83. The maximum absolute atomic E-state index is 4.21. The Labute approximate surface area is 115 Å². The SMILES string of the molecule is CCCC(C)N(C)c1ccc(-c2cnn(C)c2)cc1. The smallest absolute Gasteiger partial charge is 0.0568 e. The Morgan fingerprint density at radius 2 is 1.89 bits per heavy atom. The Morgan fingerprint density at radius 3 is 2.42 bits per heavy atom. The average molecular weight is 257 g/mol. The van der Waals surface area contributed by atoms with Gasteiger partial charge >= 0.3 is 0 Å². The molecule has 2 rings (SSSR count). The zero-order valence-electron chi connectivity index (χ0n) is 12.3. The van der Waals surface area contributed by atoms with E-state index < -0.39 is 0 Å². The lowest BCUT2D eigenvalue weighted by Crippen LogP contribution is -2.28. The van der Waals surface area contributed by atoms with Crippen LogP contribution in [0.15, 0.2) is 36.7 Å². The molecule has 1 aromatic heterocycles. The topological polar surface area (TPSA) is 21.1 Å². The van der Waals surface area contributed by atoms with E-state index in [9.17, 15) is 0 Å². The van der Waals surface area contributed by atoms with Crippen molar-refractivity contribution in [1.29, 1.82) is 0 Å². The quantitative estimate of drug-likeness (QED) is 0.814. The third-order valence-electron chi connectivity index (χ3n) is 3.68. The molecule has 0 saturated carbocycles. The van der Waals surface area contributed by atoms with Gasteiger partial charge < -0.3 is 4.90 Å². The molecule has 0 saturated heterocycles. The number of aryl methyl sites for hydroxylation is 1. The standard InChI is InChI=1S/C16H23N3/c1-5-6-13(2)19(4)16-9-7-14(8-10-16)15-11-17-18(3)12-15/h7-13H,5-6H2,1-4H3. The predicted molar refractivity (Wildman–Crippen MR) is 81.4 cm³/mol. The number of hydrogen-bond acceptors (Lipinski definition) is 2. The van der Waals surface area contributed by atoms with Crippen LogP contribution in [0.4, 0.5) is 5.69 Å². The van der Waals surface area contributed by atoms with Gasteiger partial charge in [-0.1, -0.05) is 25.5 Å². The van der Waals surface area contributed by atoms with Crippen molar-refractivity contribution in [2.75, 3.05) is 11.9 Å². The maximum Gasteiger partial charge on any atom is 0.0568 e. The second-order valence-electron chi connectivity index (χ2n) is 5.20. The first-order valence-corrected chi connectivity index (χ1v) is 6.93. The molecule has 0 bridgehead atoms. The van der Waals surface area contributed by atoms with Crippen molar-refractivity contribution in [2.24, 2.45) is 7.05 Å². The molecule has 19 heavy (non-hydrogen) atoms. The van der Waals surface area contributed by atoms with Crippen molar-refractivity contribution in [2.45, 2.75) is 32.7 Å². The summed E-state index contributed by atoms with van der Waals surface area (Å²) in [6, 6.07) is 9.29. The fraction of sp³-hybridized carbons (Fsp3) is 0.438. The lowest BCUT2D eigenvalue weighted by Gasteiger charge is -2.27. The summed E-state index contributed by atoms with van der Waals surface area (Å²) in [6.45, 7) is 4.51. The normalized spacial score (nSPS) is 12.4. The van der Waals surface area contributed by atoms with E-state index in [1.54, 1.807) is 0 Å². The molecule has 1 aromatic carbocycles. The van der Waals surface area contributed by atoms with Gasteiger partial charge in [-0.2, -0.15) is 5.10 Å². The fourth-order valence-corrected chi connectivity index (χ4v) is 2.33. The van der Waals surface area contributed by atoms with Gasteiger partial charge in [0.05, 0.1) is 6.20 Å². The third kappa shape index (κ3) is 3.16. The maximum atomic E-state index is 4.21. The molecule has 3 heteroatoms. The fourth-order valence-electron chi connectivity index (χ4n) is 2.33. The molecule has 2 aromatic rings.